The summed E-state index contributed by atoms with van der Waals surface area (Å²) in [5, 5.41) is 5.94. The van der Waals surface area contributed by atoms with Crippen LogP contribution in [0.15, 0.2) is 29.2 Å². The number of nitrogens with zero attached hydrogens (tertiary/aromatic N) is 1. The zero-order chi connectivity index (χ0) is 21.0. The molecule has 0 spiro atoms. The van der Waals surface area contributed by atoms with Gasteiger partial charge in [-0.05, 0) is 55.9 Å². The number of benzene rings is 1. The predicted octanol–water partition coefficient (Wildman–Crippen LogP) is 2.28. The van der Waals surface area contributed by atoms with Crippen LogP contribution in [-0.4, -0.2) is 49.7 Å². The van der Waals surface area contributed by atoms with E-state index in [1.54, 1.807) is 12.1 Å². The molecule has 2 atom stereocenters. The number of hydrogen-bond donors (Lipinski definition) is 2. The van der Waals surface area contributed by atoms with Gasteiger partial charge in [0.25, 0.3) is 5.91 Å². The van der Waals surface area contributed by atoms with Crippen molar-refractivity contribution in [2.24, 2.45) is 5.92 Å². The molecule has 0 aromatic heterocycles. The summed E-state index contributed by atoms with van der Waals surface area (Å²) in [6.45, 7) is 4.37. The summed E-state index contributed by atoms with van der Waals surface area (Å²) < 4.78 is 27.2. The topological polar surface area (TPSA) is 95.6 Å². The van der Waals surface area contributed by atoms with Crippen LogP contribution in [0.25, 0.3) is 0 Å². The monoisotopic (exact) mass is 421 g/mol. The van der Waals surface area contributed by atoms with E-state index in [1.165, 1.54) is 29.8 Å². The third-order valence-corrected chi connectivity index (χ3v) is 7.96. The molecule has 1 heterocycles. The molecule has 0 radical (unpaired) electrons. The average molecular weight is 422 g/mol. The van der Waals surface area contributed by atoms with Crippen LogP contribution in [-0.2, 0) is 14.8 Å². The SMILES string of the molecule is CC(=O)NC1CCN(S(=O)(=O)c2ccc(C(=O)NC3CCCCC3C)cc2)CC1. The van der Waals surface area contributed by atoms with E-state index in [2.05, 4.69) is 17.6 Å². The first-order chi connectivity index (χ1) is 13.8. The Labute approximate surface area is 173 Å². The summed E-state index contributed by atoms with van der Waals surface area (Å²) in [5.74, 6) is 0.222. The molecule has 1 aromatic carbocycles. The maximum Gasteiger partial charge on any atom is 0.251 e. The summed E-state index contributed by atoms with van der Waals surface area (Å²) in [4.78, 5) is 23.9. The molecule has 1 aromatic rings. The van der Waals surface area contributed by atoms with Gasteiger partial charge in [-0.1, -0.05) is 19.8 Å². The molecule has 2 aliphatic rings. The Hall–Kier alpha value is -1.93. The summed E-state index contributed by atoms with van der Waals surface area (Å²) in [5.41, 5.74) is 0.478. The van der Waals surface area contributed by atoms with E-state index in [4.69, 9.17) is 0 Å². The Kier molecular flexibility index (Phi) is 6.95. The lowest BCUT2D eigenvalue weighted by Crippen LogP contribution is -2.46. The minimum absolute atomic E-state index is 0.0206. The summed E-state index contributed by atoms with van der Waals surface area (Å²) >= 11 is 0. The van der Waals surface area contributed by atoms with Gasteiger partial charge >= 0.3 is 0 Å². The largest absolute Gasteiger partial charge is 0.354 e. The number of nitrogens with one attached hydrogen (secondary N) is 2. The standard InChI is InChI=1S/C21H31N3O4S/c1-15-5-3-4-6-20(15)23-21(26)17-7-9-19(10-8-17)29(27,28)24-13-11-18(12-14-24)22-16(2)25/h7-10,15,18,20H,3-6,11-14H2,1-2H3,(H,22,25)(H,23,26). The van der Waals surface area contributed by atoms with E-state index in [0.29, 0.717) is 37.4 Å². The highest BCUT2D eigenvalue weighted by atomic mass is 32.2. The molecular weight excluding hydrogens is 390 g/mol. The zero-order valence-electron chi connectivity index (χ0n) is 17.2. The highest BCUT2D eigenvalue weighted by molar-refractivity contribution is 7.89. The van der Waals surface area contributed by atoms with Crippen molar-refractivity contribution in [2.75, 3.05) is 13.1 Å². The van der Waals surface area contributed by atoms with Crippen LogP contribution in [0.2, 0.25) is 0 Å². The van der Waals surface area contributed by atoms with Crippen molar-refractivity contribution in [3.63, 3.8) is 0 Å². The smallest absolute Gasteiger partial charge is 0.251 e. The van der Waals surface area contributed by atoms with E-state index in [0.717, 1.165) is 19.3 Å². The Balaban J connectivity index is 1.61. The van der Waals surface area contributed by atoms with Gasteiger partial charge < -0.3 is 10.6 Å². The fourth-order valence-corrected chi connectivity index (χ4v) is 5.71. The van der Waals surface area contributed by atoms with Crippen LogP contribution in [0, 0.1) is 5.92 Å². The van der Waals surface area contributed by atoms with E-state index in [-0.39, 0.29) is 28.8 Å². The van der Waals surface area contributed by atoms with Crippen LogP contribution in [0.3, 0.4) is 0 Å². The van der Waals surface area contributed by atoms with Crippen molar-refractivity contribution in [3.8, 4) is 0 Å². The molecule has 2 amide bonds. The van der Waals surface area contributed by atoms with E-state index < -0.39 is 10.0 Å². The minimum atomic E-state index is -3.60. The van der Waals surface area contributed by atoms with E-state index in [1.807, 2.05) is 0 Å². The van der Waals surface area contributed by atoms with Gasteiger partial charge in [-0.25, -0.2) is 8.42 Å². The highest BCUT2D eigenvalue weighted by Gasteiger charge is 2.30. The molecular formula is C21H31N3O4S. The Bertz CT molecular complexity index is 830. The maximum absolute atomic E-state index is 12.9. The second-order valence-corrected chi connectivity index (χ2v) is 10.2. The van der Waals surface area contributed by atoms with Crippen molar-refractivity contribution < 1.29 is 18.0 Å². The third kappa shape index (κ3) is 5.36. The van der Waals surface area contributed by atoms with Gasteiger partial charge in [0.05, 0.1) is 4.90 Å². The molecule has 1 saturated carbocycles. The second kappa shape index (κ2) is 9.26. The first-order valence-electron chi connectivity index (χ1n) is 10.5. The molecule has 2 N–H and O–H groups in total. The van der Waals surface area contributed by atoms with Crippen LogP contribution in [0.5, 0.6) is 0 Å². The molecule has 3 rings (SSSR count). The third-order valence-electron chi connectivity index (χ3n) is 6.04. The summed E-state index contributed by atoms with van der Waals surface area (Å²) in [7, 11) is -3.60. The van der Waals surface area contributed by atoms with E-state index >= 15 is 0 Å². The van der Waals surface area contributed by atoms with Crippen LogP contribution >= 0.6 is 0 Å². The number of sulfonamides is 1. The molecule has 8 heteroatoms. The van der Waals surface area contributed by atoms with Crippen molar-refractivity contribution in [3.05, 3.63) is 29.8 Å². The maximum atomic E-state index is 12.9. The van der Waals surface area contributed by atoms with Gasteiger partial charge in [0.1, 0.15) is 0 Å². The molecule has 1 aliphatic heterocycles. The molecule has 160 valence electrons. The first kappa shape index (κ1) is 21.8. The lowest BCUT2D eigenvalue weighted by molar-refractivity contribution is -0.119. The Morgan fingerprint density at radius 1 is 0.966 bits per heavy atom. The van der Waals surface area contributed by atoms with Crippen LogP contribution < -0.4 is 10.6 Å². The number of rotatable bonds is 5. The lowest BCUT2D eigenvalue weighted by atomic mass is 9.86. The Morgan fingerprint density at radius 2 is 1.59 bits per heavy atom. The van der Waals surface area contributed by atoms with E-state index in [9.17, 15) is 18.0 Å². The van der Waals surface area contributed by atoms with Gasteiger partial charge in [-0.15, -0.1) is 0 Å². The number of piperidine rings is 1. The van der Waals surface area contributed by atoms with Crippen LogP contribution in [0.1, 0.15) is 62.7 Å². The highest BCUT2D eigenvalue weighted by Crippen LogP contribution is 2.25. The number of amides is 2. The Morgan fingerprint density at radius 3 is 2.17 bits per heavy atom. The molecule has 2 unspecified atom stereocenters. The van der Waals surface area contributed by atoms with Crippen LogP contribution in [0.4, 0.5) is 0 Å². The van der Waals surface area contributed by atoms with Gasteiger partial charge in [0.2, 0.25) is 15.9 Å². The zero-order valence-corrected chi connectivity index (χ0v) is 18.0. The fourth-order valence-electron chi connectivity index (χ4n) is 4.24. The van der Waals surface area contributed by atoms with Gasteiger partial charge in [-0.2, -0.15) is 4.31 Å². The molecule has 1 aliphatic carbocycles. The quantitative estimate of drug-likeness (QED) is 0.762. The van der Waals surface area contributed by atoms with Crippen molar-refractivity contribution in [2.45, 2.75) is 69.4 Å². The van der Waals surface area contributed by atoms with Crippen molar-refractivity contribution in [1.29, 1.82) is 0 Å². The lowest BCUT2D eigenvalue weighted by Gasteiger charge is -2.31. The predicted molar refractivity (Wildman–Crippen MR) is 111 cm³/mol. The number of hydrogen-bond acceptors (Lipinski definition) is 4. The van der Waals surface area contributed by atoms with Gasteiger partial charge in [-0.3, -0.25) is 9.59 Å². The normalized spacial score (nSPS) is 24.1. The molecule has 1 saturated heterocycles. The minimum Gasteiger partial charge on any atom is -0.354 e. The molecule has 29 heavy (non-hydrogen) atoms. The molecule has 2 fully saturated rings. The number of carbonyl (C=O) groups is 2. The number of carbonyl (C=O) groups excluding carboxylic acids is 2. The summed E-state index contributed by atoms with van der Waals surface area (Å²) in [6.07, 6.45) is 5.65. The molecule has 7 nitrogen and oxygen atoms in total. The van der Waals surface area contributed by atoms with Crippen molar-refractivity contribution >= 4 is 21.8 Å². The fraction of sp³-hybridized carbons (Fsp3) is 0.619. The second-order valence-electron chi connectivity index (χ2n) is 8.24. The van der Waals surface area contributed by atoms with Crippen molar-refractivity contribution in [1.82, 2.24) is 14.9 Å². The van der Waals surface area contributed by atoms with Gasteiger partial charge in [0.15, 0.2) is 0 Å². The molecule has 0 bridgehead atoms. The summed E-state index contributed by atoms with van der Waals surface area (Å²) in [6, 6.07) is 6.39. The average Bonchev–Trinajstić information content (AvgIpc) is 2.70. The van der Waals surface area contributed by atoms with Gasteiger partial charge in [0, 0.05) is 37.7 Å². The first-order valence-corrected chi connectivity index (χ1v) is 11.9.